The van der Waals surface area contributed by atoms with Crippen molar-refractivity contribution in [3.8, 4) is 0 Å². The maximum absolute atomic E-state index is 12.5. The van der Waals surface area contributed by atoms with Crippen LogP contribution in [0.25, 0.3) is 0 Å². The molecule has 0 saturated heterocycles. The number of halogens is 4. The zero-order valence-corrected chi connectivity index (χ0v) is 8.51. The molecule has 0 aliphatic heterocycles. The number of ketones is 1. The van der Waals surface area contributed by atoms with E-state index in [1.54, 1.807) is 0 Å². The molecule has 0 aliphatic carbocycles. The highest BCUT2D eigenvalue weighted by molar-refractivity contribution is 5.97. The van der Waals surface area contributed by atoms with Crippen molar-refractivity contribution in [2.45, 2.75) is 26.2 Å². The second kappa shape index (κ2) is 5.09. The number of alkyl halides is 4. The normalized spacial score (nSPS) is 11.2. The van der Waals surface area contributed by atoms with E-state index in [1.807, 2.05) is 0 Å². The Labute approximate surface area is 90.1 Å². The molecule has 0 unspecified atom stereocenters. The minimum atomic E-state index is -2.84. The number of carbonyl (C=O) groups excluding carboxylic acids is 1. The first-order chi connectivity index (χ1) is 7.47. The van der Waals surface area contributed by atoms with Crippen molar-refractivity contribution >= 4 is 5.78 Å². The summed E-state index contributed by atoms with van der Waals surface area (Å²) in [6.07, 6.45) is -5.60. The molecule has 0 atom stereocenters. The lowest BCUT2D eigenvalue weighted by Crippen LogP contribution is -2.04. The maximum Gasteiger partial charge on any atom is 0.264 e. The third kappa shape index (κ3) is 2.59. The van der Waals surface area contributed by atoms with Gasteiger partial charge < -0.3 is 0 Å². The van der Waals surface area contributed by atoms with E-state index in [0.29, 0.717) is 0 Å². The Balaban J connectivity index is 3.26. The Kier molecular flexibility index (Phi) is 4.04. The molecule has 1 nitrogen and oxygen atoms in total. The second-order valence-electron chi connectivity index (χ2n) is 3.22. The lowest BCUT2D eigenvalue weighted by Gasteiger charge is -2.09. The van der Waals surface area contributed by atoms with E-state index in [4.69, 9.17) is 0 Å². The molecule has 0 heterocycles. The summed E-state index contributed by atoms with van der Waals surface area (Å²) in [5, 5.41) is 0. The Morgan fingerprint density at radius 1 is 1.19 bits per heavy atom. The highest BCUT2D eigenvalue weighted by atomic mass is 19.3. The summed E-state index contributed by atoms with van der Waals surface area (Å²) in [6.45, 7) is 1.49. The van der Waals surface area contributed by atoms with E-state index >= 15 is 0 Å². The summed E-state index contributed by atoms with van der Waals surface area (Å²) in [6, 6.07) is 2.64. The molecule has 1 rings (SSSR count). The Bertz CT molecular complexity index is 388. The van der Waals surface area contributed by atoms with Crippen LogP contribution in [0.1, 0.15) is 47.7 Å². The average molecular weight is 234 g/mol. The molecule has 0 saturated carbocycles. The first kappa shape index (κ1) is 12.7. The number of Topliss-reactive ketones (excluding diaryl/α,β-unsaturated/α-hetero) is 1. The predicted molar refractivity (Wildman–Crippen MR) is 51.0 cm³/mol. The van der Waals surface area contributed by atoms with E-state index in [9.17, 15) is 22.4 Å². The van der Waals surface area contributed by atoms with Gasteiger partial charge >= 0.3 is 0 Å². The first-order valence-corrected chi connectivity index (χ1v) is 4.70. The molecule has 0 aromatic heterocycles. The fourth-order valence-corrected chi connectivity index (χ4v) is 1.33. The standard InChI is InChI=1S/C11H10F4O/c1-2-9(16)8-5-6(10(12)13)3-4-7(8)11(14)15/h3-5,10-11H,2H2,1H3. The molecule has 0 fully saturated rings. The van der Waals surface area contributed by atoms with E-state index in [0.717, 1.165) is 18.2 Å². The minimum Gasteiger partial charge on any atom is -0.294 e. The molecule has 5 heteroatoms. The highest BCUT2D eigenvalue weighted by Gasteiger charge is 2.19. The lowest BCUT2D eigenvalue weighted by molar-refractivity contribution is 0.0973. The summed E-state index contributed by atoms with van der Waals surface area (Å²) >= 11 is 0. The molecule has 0 amide bonds. The summed E-state index contributed by atoms with van der Waals surface area (Å²) in [4.78, 5) is 11.3. The van der Waals surface area contributed by atoms with E-state index in [-0.39, 0.29) is 12.0 Å². The van der Waals surface area contributed by atoms with Gasteiger partial charge in [-0.05, 0) is 6.07 Å². The molecule has 16 heavy (non-hydrogen) atoms. The van der Waals surface area contributed by atoms with E-state index in [1.165, 1.54) is 6.92 Å². The molecule has 1 aromatic rings. The Morgan fingerprint density at radius 3 is 2.25 bits per heavy atom. The van der Waals surface area contributed by atoms with Gasteiger partial charge in [0.2, 0.25) is 0 Å². The largest absolute Gasteiger partial charge is 0.294 e. The average Bonchev–Trinajstić information content (AvgIpc) is 2.26. The molecule has 0 spiro atoms. The SMILES string of the molecule is CCC(=O)c1cc(C(F)F)ccc1C(F)F. The van der Waals surface area contributed by atoms with Gasteiger partial charge in [-0.1, -0.05) is 19.1 Å². The molecule has 1 aromatic carbocycles. The summed E-state index contributed by atoms with van der Waals surface area (Å²) in [7, 11) is 0. The number of carbonyl (C=O) groups is 1. The van der Waals surface area contributed by atoms with Crippen molar-refractivity contribution in [1.82, 2.24) is 0 Å². The highest BCUT2D eigenvalue weighted by Crippen LogP contribution is 2.28. The quantitative estimate of drug-likeness (QED) is 0.564. The van der Waals surface area contributed by atoms with Crippen molar-refractivity contribution in [3.05, 3.63) is 34.9 Å². The first-order valence-electron chi connectivity index (χ1n) is 4.70. The van der Waals surface area contributed by atoms with Crippen LogP contribution in [-0.4, -0.2) is 5.78 Å². The van der Waals surface area contributed by atoms with Crippen LogP contribution in [0.5, 0.6) is 0 Å². The van der Waals surface area contributed by atoms with Gasteiger partial charge in [-0.25, -0.2) is 17.6 Å². The van der Waals surface area contributed by atoms with Crippen molar-refractivity contribution in [3.63, 3.8) is 0 Å². The van der Waals surface area contributed by atoms with Crippen LogP contribution >= 0.6 is 0 Å². The van der Waals surface area contributed by atoms with Gasteiger partial charge in [-0.15, -0.1) is 0 Å². The van der Waals surface area contributed by atoms with Crippen LogP contribution in [0.2, 0.25) is 0 Å². The molecule has 0 N–H and O–H groups in total. The zero-order valence-electron chi connectivity index (χ0n) is 8.51. The third-order valence-electron chi connectivity index (χ3n) is 2.19. The summed E-state index contributed by atoms with van der Waals surface area (Å²) in [5.74, 6) is -0.558. The second-order valence-corrected chi connectivity index (χ2v) is 3.22. The Morgan fingerprint density at radius 2 is 1.81 bits per heavy atom. The zero-order chi connectivity index (χ0) is 12.3. The van der Waals surface area contributed by atoms with Crippen molar-refractivity contribution < 1.29 is 22.4 Å². The van der Waals surface area contributed by atoms with Gasteiger partial charge in [0.05, 0.1) is 0 Å². The number of hydrogen-bond acceptors (Lipinski definition) is 1. The van der Waals surface area contributed by atoms with E-state index < -0.39 is 29.8 Å². The smallest absolute Gasteiger partial charge is 0.264 e. The van der Waals surface area contributed by atoms with Crippen molar-refractivity contribution in [1.29, 1.82) is 0 Å². The van der Waals surface area contributed by atoms with Crippen LogP contribution in [0, 0.1) is 0 Å². The van der Waals surface area contributed by atoms with Crippen LogP contribution in [-0.2, 0) is 0 Å². The number of rotatable bonds is 4. The molecule has 88 valence electrons. The van der Waals surface area contributed by atoms with Gasteiger partial charge in [0, 0.05) is 23.1 Å². The van der Waals surface area contributed by atoms with Crippen LogP contribution in [0.15, 0.2) is 18.2 Å². The lowest BCUT2D eigenvalue weighted by atomic mass is 9.99. The minimum absolute atomic E-state index is 0.00636. The summed E-state index contributed by atoms with van der Waals surface area (Å²) < 4.78 is 49.7. The van der Waals surface area contributed by atoms with Crippen LogP contribution in [0.3, 0.4) is 0 Å². The van der Waals surface area contributed by atoms with Crippen molar-refractivity contribution in [2.75, 3.05) is 0 Å². The van der Waals surface area contributed by atoms with Gasteiger partial charge in [0.15, 0.2) is 5.78 Å². The monoisotopic (exact) mass is 234 g/mol. The Hall–Kier alpha value is -1.39. The van der Waals surface area contributed by atoms with Gasteiger partial charge in [0.1, 0.15) is 0 Å². The number of benzene rings is 1. The fraction of sp³-hybridized carbons (Fsp3) is 0.364. The summed E-state index contributed by atoms with van der Waals surface area (Å²) in [5.41, 5.74) is -1.22. The fourth-order valence-electron chi connectivity index (χ4n) is 1.33. The molecule has 0 radical (unpaired) electrons. The molecule has 0 bridgehead atoms. The predicted octanol–water partition coefficient (Wildman–Crippen LogP) is 4.15. The van der Waals surface area contributed by atoms with Crippen LogP contribution < -0.4 is 0 Å². The third-order valence-corrected chi connectivity index (χ3v) is 2.19. The molecular formula is C11H10F4O. The van der Waals surface area contributed by atoms with Crippen molar-refractivity contribution in [2.24, 2.45) is 0 Å². The topological polar surface area (TPSA) is 17.1 Å². The van der Waals surface area contributed by atoms with Gasteiger partial charge in [-0.3, -0.25) is 4.79 Å². The molecular weight excluding hydrogens is 224 g/mol. The number of hydrogen-bond donors (Lipinski definition) is 0. The van der Waals surface area contributed by atoms with Crippen LogP contribution in [0.4, 0.5) is 17.6 Å². The maximum atomic E-state index is 12.5. The van der Waals surface area contributed by atoms with E-state index in [2.05, 4.69) is 0 Å². The van der Waals surface area contributed by atoms with Gasteiger partial charge in [-0.2, -0.15) is 0 Å². The van der Waals surface area contributed by atoms with Gasteiger partial charge in [0.25, 0.3) is 12.9 Å². The molecule has 0 aliphatic rings.